The molecule has 35 heavy (non-hydrogen) atoms. The molecule has 4 rings (SSSR count). The van der Waals surface area contributed by atoms with Crippen LogP contribution in [0.4, 0.5) is 0 Å². The van der Waals surface area contributed by atoms with Crippen LogP contribution in [0.3, 0.4) is 0 Å². The lowest BCUT2D eigenvalue weighted by Crippen LogP contribution is -2.46. The van der Waals surface area contributed by atoms with Crippen LogP contribution >= 0.6 is 0 Å². The van der Waals surface area contributed by atoms with Crippen LogP contribution < -0.4 is 5.11 Å². The molecule has 0 amide bonds. The topological polar surface area (TPSA) is 97.7 Å². The first-order chi connectivity index (χ1) is 16.6. The zero-order valence-corrected chi connectivity index (χ0v) is 20.7. The van der Waals surface area contributed by atoms with Crippen LogP contribution in [0.25, 0.3) is 0 Å². The lowest BCUT2D eigenvalue weighted by molar-refractivity contribution is -0.270. The molecule has 0 saturated heterocycles. The molecule has 5 heteroatoms. The van der Waals surface area contributed by atoms with Crippen LogP contribution in [0.2, 0.25) is 0 Å². The van der Waals surface area contributed by atoms with Gasteiger partial charge < -0.3 is 15.3 Å². The van der Waals surface area contributed by atoms with E-state index in [9.17, 15) is 24.9 Å². The van der Waals surface area contributed by atoms with Crippen molar-refractivity contribution in [1.29, 1.82) is 0 Å². The first kappa shape index (κ1) is 24.9. The van der Waals surface area contributed by atoms with E-state index >= 15 is 0 Å². The van der Waals surface area contributed by atoms with Crippen molar-refractivity contribution in [1.82, 2.24) is 0 Å². The minimum absolute atomic E-state index is 0.0236. The van der Waals surface area contributed by atoms with Crippen LogP contribution in [-0.4, -0.2) is 22.8 Å². The van der Waals surface area contributed by atoms with Gasteiger partial charge >= 0.3 is 0 Å². The SMILES string of the molecule is C=C1CC[C@@H]2[C@H](CC2(C)C)[C+](C)CC[C@H]1[C@H](c1ccccc1)c1c([O-])c(C=O)c(O)c(C=O)c1O. The van der Waals surface area contributed by atoms with Crippen molar-refractivity contribution in [3.63, 3.8) is 0 Å². The highest BCUT2D eigenvalue weighted by molar-refractivity contribution is 5.95. The summed E-state index contributed by atoms with van der Waals surface area (Å²) in [5, 5.41) is 34.8. The van der Waals surface area contributed by atoms with E-state index in [-0.39, 0.29) is 17.8 Å². The van der Waals surface area contributed by atoms with Crippen molar-refractivity contribution in [2.75, 3.05) is 0 Å². The molecule has 0 aliphatic heterocycles. The predicted octanol–water partition coefficient (Wildman–Crippen LogP) is 5.93. The van der Waals surface area contributed by atoms with Crippen molar-refractivity contribution < 1.29 is 24.9 Å². The molecule has 0 radical (unpaired) electrons. The monoisotopic (exact) mass is 474 g/mol. The standard InChI is InChI=1S/C30H34O5/c1-17-11-13-24-21(14-30(24,3)4)18(2)10-12-20(17)25(19-8-6-5-7-9-19)26-28(34)22(15-31)27(33)23(16-32)29(26)35/h5-9,15-16,20-21,24-25H,1,10-14H2,2-4H3,(H2-,31,32,33,34,35)/t20-,21-,24-,25+/m1/s1. The summed E-state index contributed by atoms with van der Waals surface area (Å²) in [7, 11) is 0. The van der Waals surface area contributed by atoms with E-state index in [2.05, 4.69) is 27.4 Å². The molecule has 5 nitrogen and oxygen atoms in total. The first-order valence-corrected chi connectivity index (χ1v) is 12.4. The number of hydrogen-bond donors (Lipinski definition) is 2. The van der Waals surface area contributed by atoms with Gasteiger partial charge in [-0.2, -0.15) is 0 Å². The molecule has 2 fully saturated rings. The number of carbonyl (C=O) groups is 2. The third-order valence-electron chi connectivity index (χ3n) is 8.64. The molecule has 0 aromatic heterocycles. The van der Waals surface area contributed by atoms with E-state index in [0.717, 1.165) is 36.8 Å². The number of carbonyl (C=O) groups excluding carboxylic acids is 2. The summed E-state index contributed by atoms with van der Waals surface area (Å²) in [6, 6.07) is 9.38. The Bertz CT molecular complexity index is 1100. The van der Waals surface area contributed by atoms with Crippen LogP contribution in [0.5, 0.6) is 17.2 Å². The van der Waals surface area contributed by atoms with Gasteiger partial charge in [0.05, 0.1) is 24.8 Å². The highest BCUT2D eigenvalue weighted by Gasteiger charge is 2.55. The van der Waals surface area contributed by atoms with Crippen LogP contribution in [0.15, 0.2) is 42.5 Å². The molecule has 0 heterocycles. The third-order valence-corrected chi connectivity index (χ3v) is 8.64. The number of rotatable bonds is 5. The number of benzene rings is 2. The lowest BCUT2D eigenvalue weighted by Gasteiger charge is -2.49. The zero-order valence-electron chi connectivity index (χ0n) is 20.7. The van der Waals surface area contributed by atoms with E-state index in [1.165, 1.54) is 12.3 Å². The second-order valence-corrected chi connectivity index (χ2v) is 11.0. The van der Waals surface area contributed by atoms with Gasteiger partial charge in [-0.25, -0.2) is 0 Å². The summed E-state index contributed by atoms with van der Waals surface area (Å²) in [5.74, 6) is -0.230. The molecule has 0 bridgehead atoms. The fraction of sp³-hybridized carbons (Fsp3) is 0.433. The molecular weight excluding hydrogens is 440 g/mol. The van der Waals surface area contributed by atoms with Gasteiger partial charge in [0.1, 0.15) is 17.4 Å². The van der Waals surface area contributed by atoms with Gasteiger partial charge in [-0.3, -0.25) is 9.59 Å². The molecule has 0 spiro atoms. The number of aromatic hydroxyl groups is 2. The summed E-state index contributed by atoms with van der Waals surface area (Å²) in [6.45, 7) is 11.3. The molecule has 4 atom stereocenters. The minimum atomic E-state index is -0.774. The first-order valence-electron chi connectivity index (χ1n) is 12.4. The van der Waals surface area contributed by atoms with Gasteiger partial charge in [-0.15, -0.1) is 0 Å². The number of fused-ring (bicyclic) bond motifs is 1. The molecule has 2 aromatic carbocycles. The second kappa shape index (κ2) is 9.44. The maximum absolute atomic E-state index is 13.5. The normalized spacial score (nSPS) is 24.8. The van der Waals surface area contributed by atoms with Gasteiger partial charge in [-0.05, 0) is 48.1 Å². The third kappa shape index (κ3) is 4.22. The fourth-order valence-electron chi connectivity index (χ4n) is 6.59. The Morgan fingerprint density at radius 1 is 1.09 bits per heavy atom. The summed E-state index contributed by atoms with van der Waals surface area (Å²) in [4.78, 5) is 23.5. The molecule has 2 aliphatic rings. The average Bonchev–Trinajstić information content (AvgIpc) is 2.86. The van der Waals surface area contributed by atoms with E-state index in [4.69, 9.17) is 0 Å². The fourth-order valence-corrected chi connectivity index (χ4v) is 6.59. The second-order valence-electron chi connectivity index (χ2n) is 11.0. The molecule has 0 unspecified atom stereocenters. The van der Waals surface area contributed by atoms with E-state index < -0.39 is 34.3 Å². The maximum atomic E-state index is 13.5. The highest BCUT2D eigenvalue weighted by atomic mass is 16.3. The van der Waals surface area contributed by atoms with Crippen LogP contribution in [-0.2, 0) is 0 Å². The number of hydrogen-bond acceptors (Lipinski definition) is 5. The molecule has 2 aliphatic carbocycles. The van der Waals surface area contributed by atoms with Gasteiger partial charge in [0.25, 0.3) is 0 Å². The predicted molar refractivity (Wildman–Crippen MR) is 134 cm³/mol. The number of phenols is 2. The quantitative estimate of drug-likeness (QED) is 0.318. The number of aldehydes is 2. The Labute approximate surface area is 207 Å². The van der Waals surface area contributed by atoms with Crippen LogP contribution in [0, 0.1) is 29.1 Å². The minimum Gasteiger partial charge on any atom is -0.872 e. The van der Waals surface area contributed by atoms with Gasteiger partial charge in [-0.1, -0.05) is 62.1 Å². The molecule has 184 valence electrons. The Morgan fingerprint density at radius 3 is 2.34 bits per heavy atom. The van der Waals surface area contributed by atoms with Crippen molar-refractivity contribution in [2.45, 2.75) is 58.8 Å². The van der Waals surface area contributed by atoms with Gasteiger partial charge in [0.2, 0.25) is 0 Å². The Hall–Kier alpha value is -3.21. The Morgan fingerprint density at radius 2 is 1.74 bits per heavy atom. The van der Waals surface area contributed by atoms with Crippen molar-refractivity contribution >= 4 is 12.6 Å². The highest BCUT2D eigenvalue weighted by Crippen LogP contribution is 2.59. The van der Waals surface area contributed by atoms with Crippen LogP contribution in [0.1, 0.15) is 90.6 Å². The Balaban J connectivity index is 1.87. The Kier molecular flexibility index (Phi) is 6.72. The summed E-state index contributed by atoms with van der Waals surface area (Å²) in [5.41, 5.74) is 1.13. The summed E-state index contributed by atoms with van der Waals surface area (Å²) < 4.78 is 0. The van der Waals surface area contributed by atoms with Gasteiger partial charge in [0, 0.05) is 17.4 Å². The number of allylic oxidation sites excluding steroid dienone is 1. The summed E-state index contributed by atoms with van der Waals surface area (Å²) in [6.07, 6.45) is 5.15. The van der Waals surface area contributed by atoms with E-state index in [1.807, 2.05) is 30.3 Å². The van der Waals surface area contributed by atoms with Crippen molar-refractivity contribution in [3.05, 3.63) is 70.7 Å². The van der Waals surface area contributed by atoms with Crippen molar-refractivity contribution in [3.8, 4) is 17.2 Å². The van der Waals surface area contributed by atoms with Crippen molar-refractivity contribution in [2.24, 2.45) is 23.2 Å². The van der Waals surface area contributed by atoms with E-state index in [0.29, 0.717) is 23.5 Å². The largest absolute Gasteiger partial charge is 0.872 e. The molecule has 2 saturated carbocycles. The maximum Gasteiger partial charge on any atom is 0.157 e. The smallest absolute Gasteiger partial charge is 0.157 e. The zero-order chi connectivity index (χ0) is 25.5. The molecular formula is C30H34O5. The van der Waals surface area contributed by atoms with Gasteiger partial charge in [0.15, 0.2) is 12.6 Å². The number of phenolic OH excluding ortho intramolecular Hbond substituents is 2. The summed E-state index contributed by atoms with van der Waals surface area (Å²) >= 11 is 0. The lowest BCUT2D eigenvalue weighted by atomic mass is 9.51. The molecule has 2 N–H and O–H groups in total. The molecule has 2 aromatic rings. The average molecular weight is 475 g/mol. The van der Waals surface area contributed by atoms with E-state index in [1.54, 1.807) is 0 Å².